The molecule has 0 radical (unpaired) electrons. The summed E-state index contributed by atoms with van der Waals surface area (Å²) in [5, 5.41) is 3.44. The maximum Gasteiger partial charge on any atom is 0.0631 e. The van der Waals surface area contributed by atoms with E-state index >= 15 is 0 Å². The molecular weight excluding hydrogens is 210 g/mol. The Morgan fingerprint density at radius 2 is 2.12 bits per heavy atom. The molecule has 1 unspecified atom stereocenters. The summed E-state index contributed by atoms with van der Waals surface area (Å²) in [6.07, 6.45) is 9.62. The fourth-order valence-corrected chi connectivity index (χ4v) is 2.19. The fraction of sp³-hybridized carbons (Fsp3) is 0.867. The van der Waals surface area contributed by atoms with Crippen molar-refractivity contribution in [1.29, 1.82) is 0 Å². The Bertz CT molecular complexity index is 233. The molecule has 1 aliphatic heterocycles. The molecule has 0 bridgehead atoms. The third-order valence-electron chi connectivity index (χ3n) is 3.16. The molecule has 0 aliphatic carbocycles. The van der Waals surface area contributed by atoms with Crippen molar-refractivity contribution < 1.29 is 4.74 Å². The van der Waals surface area contributed by atoms with Crippen molar-refractivity contribution >= 4 is 0 Å². The lowest BCUT2D eigenvalue weighted by Crippen LogP contribution is -2.20. The summed E-state index contributed by atoms with van der Waals surface area (Å²) in [5.74, 6) is 0.744. The topological polar surface area (TPSA) is 21.3 Å². The summed E-state index contributed by atoms with van der Waals surface area (Å²) >= 11 is 0. The zero-order valence-corrected chi connectivity index (χ0v) is 12.0. The van der Waals surface area contributed by atoms with E-state index in [0.29, 0.717) is 6.10 Å². The highest BCUT2D eigenvalue weighted by Gasteiger charge is 2.30. The summed E-state index contributed by atoms with van der Waals surface area (Å²) in [5.41, 5.74) is 0.108. The van der Waals surface area contributed by atoms with Gasteiger partial charge in [0, 0.05) is 0 Å². The summed E-state index contributed by atoms with van der Waals surface area (Å²) in [6.45, 7) is 11.1. The summed E-state index contributed by atoms with van der Waals surface area (Å²) in [4.78, 5) is 0. The van der Waals surface area contributed by atoms with Crippen LogP contribution in [0.2, 0.25) is 0 Å². The minimum atomic E-state index is 0.108. The molecule has 1 rings (SSSR count). The Labute approximate surface area is 107 Å². The Morgan fingerprint density at radius 3 is 2.71 bits per heavy atom. The summed E-state index contributed by atoms with van der Waals surface area (Å²) in [6, 6.07) is 0. The highest BCUT2D eigenvalue weighted by Crippen LogP contribution is 2.30. The van der Waals surface area contributed by atoms with Gasteiger partial charge >= 0.3 is 0 Å². The van der Waals surface area contributed by atoms with Gasteiger partial charge in [-0.25, -0.2) is 0 Å². The van der Waals surface area contributed by atoms with Gasteiger partial charge in [0.05, 0.1) is 11.7 Å². The minimum absolute atomic E-state index is 0.108. The van der Waals surface area contributed by atoms with Crippen molar-refractivity contribution in [3.05, 3.63) is 12.2 Å². The molecule has 2 nitrogen and oxygen atoms in total. The molecule has 2 heteroatoms. The molecule has 17 heavy (non-hydrogen) atoms. The van der Waals surface area contributed by atoms with Crippen LogP contribution < -0.4 is 5.32 Å². The van der Waals surface area contributed by atoms with Gasteiger partial charge in [0.2, 0.25) is 0 Å². The predicted octanol–water partition coefficient (Wildman–Crippen LogP) is 3.53. The highest BCUT2D eigenvalue weighted by atomic mass is 16.5. The molecule has 0 spiro atoms. The lowest BCUT2D eigenvalue weighted by molar-refractivity contribution is -0.0134. The van der Waals surface area contributed by atoms with Crippen LogP contribution >= 0.6 is 0 Å². The molecule has 100 valence electrons. The second kappa shape index (κ2) is 7.17. The van der Waals surface area contributed by atoms with Crippen LogP contribution in [-0.2, 0) is 4.74 Å². The summed E-state index contributed by atoms with van der Waals surface area (Å²) in [7, 11) is 0. The lowest BCUT2D eigenvalue weighted by Gasteiger charge is -2.18. The second-order valence-corrected chi connectivity index (χ2v) is 6.13. The average Bonchev–Trinajstić information content (AvgIpc) is 2.56. The first-order valence-corrected chi connectivity index (χ1v) is 7.03. The molecule has 1 N–H and O–H groups in total. The number of hydrogen-bond acceptors (Lipinski definition) is 2. The van der Waals surface area contributed by atoms with Crippen molar-refractivity contribution in [2.24, 2.45) is 5.92 Å². The standard InChI is InChI=1S/C15H29NO/c1-13(2)12-16-11-7-5-6-8-14-9-10-15(3,4)17-14/h5-6,13-14,16H,7-12H2,1-4H3/b6-5+. The van der Waals surface area contributed by atoms with Gasteiger partial charge < -0.3 is 10.1 Å². The lowest BCUT2D eigenvalue weighted by atomic mass is 10.0. The van der Waals surface area contributed by atoms with E-state index < -0.39 is 0 Å². The van der Waals surface area contributed by atoms with Gasteiger partial charge in [-0.3, -0.25) is 0 Å². The van der Waals surface area contributed by atoms with Crippen molar-refractivity contribution in [2.75, 3.05) is 13.1 Å². The molecule has 1 atom stereocenters. The van der Waals surface area contributed by atoms with E-state index in [4.69, 9.17) is 4.74 Å². The average molecular weight is 239 g/mol. The van der Waals surface area contributed by atoms with Crippen molar-refractivity contribution in [2.45, 2.75) is 65.1 Å². The second-order valence-electron chi connectivity index (χ2n) is 6.13. The van der Waals surface area contributed by atoms with Crippen LogP contribution in [0.4, 0.5) is 0 Å². The largest absolute Gasteiger partial charge is 0.372 e. The first kappa shape index (κ1) is 14.7. The van der Waals surface area contributed by atoms with Gasteiger partial charge in [0.15, 0.2) is 0 Å². The molecule has 0 saturated carbocycles. The smallest absolute Gasteiger partial charge is 0.0631 e. The monoisotopic (exact) mass is 239 g/mol. The highest BCUT2D eigenvalue weighted by molar-refractivity contribution is 4.89. The minimum Gasteiger partial charge on any atom is -0.372 e. The molecule has 1 heterocycles. The van der Waals surface area contributed by atoms with Crippen LogP contribution in [0.15, 0.2) is 12.2 Å². The van der Waals surface area contributed by atoms with Crippen molar-refractivity contribution in [3.63, 3.8) is 0 Å². The SMILES string of the molecule is CC(C)CNCC/C=C/CC1CCC(C)(C)O1. The molecular formula is C15H29NO. The Hall–Kier alpha value is -0.340. The van der Waals surface area contributed by atoms with Gasteiger partial charge in [0.25, 0.3) is 0 Å². The quantitative estimate of drug-likeness (QED) is 0.542. The first-order valence-electron chi connectivity index (χ1n) is 7.03. The van der Waals surface area contributed by atoms with Gasteiger partial charge in [-0.05, 0) is 58.5 Å². The summed E-state index contributed by atoms with van der Waals surface area (Å²) < 4.78 is 5.94. The van der Waals surface area contributed by atoms with E-state index in [2.05, 4.69) is 45.2 Å². The van der Waals surface area contributed by atoms with Crippen LogP contribution in [0.5, 0.6) is 0 Å². The Balaban J connectivity index is 1.99. The zero-order chi connectivity index (χ0) is 12.7. The van der Waals surface area contributed by atoms with Gasteiger partial charge in [0.1, 0.15) is 0 Å². The zero-order valence-electron chi connectivity index (χ0n) is 12.0. The first-order chi connectivity index (χ1) is 7.99. The van der Waals surface area contributed by atoms with E-state index in [0.717, 1.165) is 31.8 Å². The number of nitrogens with one attached hydrogen (secondary N) is 1. The van der Waals surface area contributed by atoms with Crippen LogP contribution in [0.3, 0.4) is 0 Å². The van der Waals surface area contributed by atoms with E-state index in [1.54, 1.807) is 0 Å². The predicted molar refractivity (Wildman–Crippen MR) is 74.3 cm³/mol. The third-order valence-corrected chi connectivity index (χ3v) is 3.16. The van der Waals surface area contributed by atoms with E-state index in [1.165, 1.54) is 12.8 Å². The van der Waals surface area contributed by atoms with E-state index in [1.807, 2.05) is 0 Å². The van der Waals surface area contributed by atoms with Crippen molar-refractivity contribution in [1.82, 2.24) is 5.32 Å². The van der Waals surface area contributed by atoms with Crippen LogP contribution in [0.25, 0.3) is 0 Å². The maximum absolute atomic E-state index is 5.94. The molecule has 0 aromatic rings. The molecule has 0 aromatic carbocycles. The molecule has 1 saturated heterocycles. The molecule has 1 fully saturated rings. The van der Waals surface area contributed by atoms with Crippen LogP contribution in [0.1, 0.15) is 53.4 Å². The Kier molecular flexibility index (Phi) is 6.21. The van der Waals surface area contributed by atoms with Gasteiger partial charge in [-0.15, -0.1) is 0 Å². The number of rotatable bonds is 7. The van der Waals surface area contributed by atoms with Gasteiger partial charge in [-0.2, -0.15) is 0 Å². The van der Waals surface area contributed by atoms with Crippen LogP contribution in [-0.4, -0.2) is 24.8 Å². The molecule has 0 aromatic heterocycles. The molecule has 0 amide bonds. The number of hydrogen-bond donors (Lipinski definition) is 1. The third kappa shape index (κ3) is 6.85. The number of ether oxygens (including phenoxy) is 1. The fourth-order valence-electron chi connectivity index (χ4n) is 2.19. The van der Waals surface area contributed by atoms with E-state index in [9.17, 15) is 0 Å². The maximum atomic E-state index is 5.94. The van der Waals surface area contributed by atoms with Gasteiger partial charge in [-0.1, -0.05) is 26.0 Å². The normalized spacial score (nSPS) is 23.9. The van der Waals surface area contributed by atoms with E-state index in [-0.39, 0.29) is 5.60 Å². The Morgan fingerprint density at radius 1 is 1.35 bits per heavy atom. The van der Waals surface area contributed by atoms with Crippen molar-refractivity contribution in [3.8, 4) is 0 Å². The van der Waals surface area contributed by atoms with Crippen LogP contribution in [0, 0.1) is 5.92 Å². The molecule has 1 aliphatic rings.